The Balaban J connectivity index is 1.60. The van der Waals surface area contributed by atoms with Crippen molar-refractivity contribution in [3.63, 3.8) is 0 Å². The first kappa shape index (κ1) is 21.8. The third-order valence-electron chi connectivity index (χ3n) is 4.11. The number of carbonyl (C=O) groups excluding carboxylic acids is 2. The van der Waals surface area contributed by atoms with Gasteiger partial charge in [-0.05, 0) is 60.2 Å². The fourth-order valence-electron chi connectivity index (χ4n) is 2.66. The van der Waals surface area contributed by atoms with E-state index in [1.54, 1.807) is 36.4 Å². The molecule has 3 rings (SSSR count). The van der Waals surface area contributed by atoms with E-state index in [4.69, 9.17) is 0 Å². The Morgan fingerprint density at radius 1 is 0.742 bits per heavy atom. The molecule has 0 aliphatic carbocycles. The predicted octanol–water partition coefficient (Wildman–Crippen LogP) is 4.31. The van der Waals surface area contributed by atoms with Crippen molar-refractivity contribution in [1.82, 2.24) is 0 Å². The third-order valence-corrected chi connectivity index (χ3v) is 5.12. The molecule has 2 amide bonds. The first-order valence-corrected chi connectivity index (χ1v) is 10.9. The topological polar surface area (TPSA) is 104 Å². The van der Waals surface area contributed by atoms with Crippen LogP contribution in [0.4, 0.5) is 17.1 Å². The number of anilines is 3. The van der Waals surface area contributed by atoms with Crippen molar-refractivity contribution in [3.8, 4) is 0 Å². The van der Waals surface area contributed by atoms with Gasteiger partial charge in [0, 0.05) is 29.5 Å². The quantitative estimate of drug-likeness (QED) is 0.514. The van der Waals surface area contributed by atoms with Crippen LogP contribution in [0.2, 0.25) is 0 Å². The van der Waals surface area contributed by atoms with Gasteiger partial charge in [0.15, 0.2) is 0 Å². The van der Waals surface area contributed by atoms with Crippen molar-refractivity contribution in [2.45, 2.75) is 6.92 Å². The van der Waals surface area contributed by atoms with E-state index in [-0.39, 0.29) is 11.8 Å². The maximum absolute atomic E-state index is 12.4. The minimum atomic E-state index is -3.69. The number of nitrogens with one attached hydrogen (secondary N) is 3. The minimum absolute atomic E-state index is 0.178. The molecule has 0 unspecified atom stereocenters. The third kappa shape index (κ3) is 6.83. The number of rotatable bonds is 7. The molecule has 0 fully saturated rings. The average Bonchev–Trinajstić information content (AvgIpc) is 2.74. The van der Waals surface area contributed by atoms with Crippen molar-refractivity contribution < 1.29 is 18.0 Å². The number of hydrogen-bond donors (Lipinski definition) is 3. The van der Waals surface area contributed by atoms with Gasteiger partial charge in [-0.25, -0.2) is 8.42 Å². The van der Waals surface area contributed by atoms with Gasteiger partial charge in [0.05, 0.1) is 5.41 Å². The number of carbonyl (C=O) groups is 2. The van der Waals surface area contributed by atoms with Crippen LogP contribution in [0.15, 0.2) is 84.3 Å². The summed E-state index contributed by atoms with van der Waals surface area (Å²) >= 11 is 0. The van der Waals surface area contributed by atoms with Crippen LogP contribution in [0.25, 0.3) is 6.08 Å². The highest BCUT2D eigenvalue weighted by atomic mass is 32.2. The summed E-state index contributed by atoms with van der Waals surface area (Å²) in [6.07, 6.45) is 1.50. The smallest absolute Gasteiger partial charge is 0.255 e. The summed E-state index contributed by atoms with van der Waals surface area (Å²) in [5.74, 6) is -0.520. The number of hydrogen-bond acceptors (Lipinski definition) is 4. The van der Waals surface area contributed by atoms with Gasteiger partial charge < -0.3 is 10.6 Å². The highest BCUT2D eigenvalue weighted by Crippen LogP contribution is 2.17. The Bertz CT molecular complexity index is 1190. The van der Waals surface area contributed by atoms with E-state index in [2.05, 4.69) is 15.4 Å². The van der Waals surface area contributed by atoms with Crippen molar-refractivity contribution >= 4 is 45.0 Å². The van der Waals surface area contributed by atoms with Crippen LogP contribution in [0.1, 0.15) is 22.8 Å². The second kappa shape index (κ2) is 9.73. The molecule has 0 saturated heterocycles. The molecule has 0 spiro atoms. The normalized spacial score (nSPS) is 11.1. The molecule has 0 saturated carbocycles. The lowest BCUT2D eigenvalue weighted by molar-refractivity contribution is -0.114. The van der Waals surface area contributed by atoms with Crippen molar-refractivity contribution in [3.05, 3.63) is 95.4 Å². The molecule has 158 valence electrons. The summed E-state index contributed by atoms with van der Waals surface area (Å²) in [6, 6.07) is 21.9. The average molecular weight is 436 g/mol. The molecule has 0 aliphatic heterocycles. The molecule has 8 heteroatoms. The molecule has 7 nitrogen and oxygen atoms in total. The van der Waals surface area contributed by atoms with E-state index in [1.807, 2.05) is 18.2 Å². The largest absolute Gasteiger partial charge is 0.326 e. The first-order valence-electron chi connectivity index (χ1n) is 9.36. The lowest BCUT2D eigenvalue weighted by Crippen LogP contribution is -2.13. The Morgan fingerprint density at radius 3 is 1.87 bits per heavy atom. The monoisotopic (exact) mass is 435 g/mol. The first-order chi connectivity index (χ1) is 14.8. The Morgan fingerprint density at radius 2 is 1.29 bits per heavy atom. The summed E-state index contributed by atoms with van der Waals surface area (Å²) < 4.78 is 26.9. The van der Waals surface area contributed by atoms with Crippen molar-refractivity contribution in [1.29, 1.82) is 0 Å². The van der Waals surface area contributed by atoms with Crippen molar-refractivity contribution in [2.75, 3.05) is 15.4 Å². The summed E-state index contributed by atoms with van der Waals surface area (Å²) in [5.41, 5.74) is 2.67. The lowest BCUT2D eigenvalue weighted by atomic mass is 10.2. The van der Waals surface area contributed by atoms with Gasteiger partial charge in [-0.1, -0.05) is 30.3 Å². The SMILES string of the molecule is CC(=O)Nc1ccc(NC(=O)c2ccc(NS(=O)(=O)/C=C/c3ccccc3)cc2)cc1. The van der Waals surface area contributed by atoms with Crippen LogP contribution in [-0.2, 0) is 14.8 Å². The second-order valence-electron chi connectivity index (χ2n) is 6.65. The van der Waals surface area contributed by atoms with Gasteiger partial charge in [0.2, 0.25) is 5.91 Å². The van der Waals surface area contributed by atoms with Gasteiger partial charge in [-0.2, -0.15) is 0 Å². The highest BCUT2D eigenvalue weighted by molar-refractivity contribution is 7.95. The van der Waals surface area contributed by atoms with E-state index in [0.717, 1.165) is 11.0 Å². The number of benzene rings is 3. The predicted molar refractivity (Wildman–Crippen MR) is 123 cm³/mol. The standard InChI is InChI=1S/C23H21N3O4S/c1-17(27)24-20-11-13-21(14-12-20)25-23(28)19-7-9-22(10-8-19)26-31(29,30)16-15-18-5-3-2-4-6-18/h2-16,26H,1H3,(H,24,27)(H,25,28)/b16-15+. The molecule has 31 heavy (non-hydrogen) atoms. The fraction of sp³-hybridized carbons (Fsp3) is 0.0435. The van der Waals surface area contributed by atoms with Crippen molar-refractivity contribution in [2.24, 2.45) is 0 Å². The molecule has 0 aromatic heterocycles. The molecular formula is C23H21N3O4S. The van der Waals surface area contributed by atoms with Gasteiger partial charge >= 0.3 is 0 Å². The van der Waals surface area contributed by atoms with E-state index in [9.17, 15) is 18.0 Å². The maximum atomic E-state index is 12.4. The minimum Gasteiger partial charge on any atom is -0.326 e. The zero-order valence-corrected chi connectivity index (χ0v) is 17.5. The van der Waals surface area contributed by atoms with Gasteiger partial charge in [-0.15, -0.1) is 0 Å². The molecule has 3 aromatic rings. The summed E-state index contributed by atoms with van der Waals surface area (Å²) in [4.78, 5) is 23.5. The lowest BCUT2D eigenvalue weighted by Gasteiger charge is -2.08. The van der Waals surface area contributed by atoms with Crippen LogP contribution in [0.5, 0.6) is 0 Å². The molecule has 3 aromatic carbocycles. The number of sulfonamides is 1. The highest BCUT2D eigenvalue weighted by Gasteiger charge is 2.09. The molecule has 3 N–H and O–H groups in total. The van der Waals surface area contributed by atoms with Gasteiger partial charge in [0.1, 0.15) is 0 Å². The molecule has 0 aliphatic rings. The number of amides is 2. The summed E-state index contributed by atoms with van der Waals surface area (Å²) in [7, 11) is -3.69. The molecule has 0 radical (unpaired) electrons. The van der Waals surface area contributed by atoms with E-state index in [0.29, 0.717) is 22.6 Å². The maximum Gasteiger partial charge on any atom is 0.255 e. The van der Waals surface area contributed by atoms with Crippen LogP contribution >= 0.6 is 0 Å². The summed E-state index contributed by atoms with van der Waals surface area (Å²) in [6.45, 7) is 1.42. The van der Waals surface area contributed by atoms with E-state index >= 15 is 0 Å². The van der Waals surface area contributed by atoms with E-state index < -0.39 is 10.0 Å². The van der Waals surface area contributed by atoms with Crippen LogP contribution in [0, 0.1) is 0 Å². The van der Waals surface area contributed by atoms with Gasteiger partial charge in [0.25, 0.3) is 15.9 Å². The Labute approximate surface area is 180 Å². The Hall–Kier alpha value is -3.91. The second-order valence-corrected chi connectivity index (χ2v) is 8.22. The fourth-order valence-corrected chi connectivity index (χ4v) is 3.53. The van der Waals surface area contributed by atoms with E-state index in [1.165, 1.54) is 37.3 Å². The van der Waals surface area contributed by atoms with Crippen LogP contribution in [-0.4, -0.2) is 20.2 Å². The molecular weight excluding hydrogens is 414 g/mol. The molecule has 0 heterocycles. The molecule has 0 atom stereocenters. The zero-order valence-electron chi connectivity index (χ0n) is 16.7. The van der Waals surface area contributed by atoms with Crippen LogP contribution < -0.4 is 15.4 Å². The van der Waals surface area contributed by atoms with Crippen LogP contribution in [0.3, 0.4) is 0 Å². The Kier molecular flexibility index (Phi) is 6.84. The molecule has 0 bridgehead atoms. The zero-order chi connectivity index (χ0) is 22.3. The summed E-state index contributed by atoms with van der Waals surface area (Å²) in [5, 5.41) is 6.48. The van der Waals surface area contributed by atoms with Gasteiger partial charge in [-0.3, -0.25) is 14.3 Å².